The minimum Gasteiger partial charge on any atom is -0.480 e. The van der Waals surface area contributed by atoms with Gasteiger partial charge in [0.2, 0.25) is 0 Å². The van der Waals surface area contributed by atoms with Gasteiger partial charge in [0.25, 0.3) is 0 Å². The average molecular weight is 246 g/mol. The van der Waals surface area contributed by atoms with Crippen LogP contribution in [0.5, 0.6) is 0 Å². The number of rotatable bonds is 5. The molecule has 1 aromatic carbocycles. The van der Waals surface area contributed by atoms with E-state index in [4.69, 9.17) is 16.7 Å². The summed E-state index contributed by atoms with van der Waals surface area (Å²) in [4.78, 5) is 12.2. The number of halogens is 2. The molecule has 0 bridgehead atoms. The van der Waals surface area contributed by atoms with E-state index in [0.29, 0.717) is 12.1 Å². The summed E-state index contributed by atoms with van der Waals surface area (Å²) in [5, 5.41) is 7.64. The van der Waals surface area contributed by atoms with E-state index in [1.54, 1.807) is 30.1 Å². The Bertz CT molecular complexity index is 373. The third-order valence-electron chi connectivity index (χ3n) is 2.14. The summed E-state index contributed by atoms with van der Waals surface area (Å²) >= 11 is 5.58. The van der Waals surface area contributed by atoms with Gasteiger partial charge in [0.05, 0.1) is 0 Å². The third kappa shape index (κ3) is 3.79. The predicted molar refractivity (Wildman–Crippen MR) is 60.0 cm³/mol. The summed E-state index contributed by atoms with van der Waals surface area (Å²) in [6, 6.07) is 6.39. The first kappa shape index (κ1) is 12.9. The molecule has 5 heteroatoms. The number of nitrogens with zero attached hydrogens (tertiary/aromatic N) is 1. The van der Waals surface area contributed by atoms with E-state index in [2.05, 4.69) is 0 Å². The first-order chi connectivity index (χ1) is 7.50. The molecule has 0 aliphatic heterocycles. The highest BCUT2D eigenvalue weighted by Crippen LogP contribution is 2.10. The van der Waals surface area contributed by atoms with Crippen LogP contribution in [0.15, 0.2) is 24.3 Å². The summed E-state index contributed by atoms with van der Waals surface area (Å²) in [6.45, 7) is 0.508. The zero-order valence-corrected chi connectivity index (χ0v) is 9.62. The van der Waals surface area contributed by atoms with Gasteiger partial charge in [-0.25, -0.2) is 4.39 Å². The molecule has 3 nitrogen and oxygen atoms in total. The Balaban J connectivity index is 2.55. The van der Waals surface area contributed by atoms with Crippen LogP contribution >= 0.6 is 11.6 Å². The Morgan fingerprint density at radius 2 is 2.19 bits per heavy atom. The summed E-state index contributed by atoms with van der Waals surface area (Å²) < 4.78 is 13.3. The lowest BCUT2D eigenvalue weighted by atomic mass is 10.2. The van der Waals surface area contributed by atoms with Crippen molar-refractivity contribution in [2.45, 2.75) is 11.9 Å². The smallest absolute Gasteiger partial charge is 0.322 e. The van der Waals surface area contributed by atoms with E-state index < -0.39 is 11.3 Å². The van der Waals surface area contributed by atoms with Crippen LogP contribution in [0.25, 0.3) is 0 Å². The molecule has 0 radical (unpaired) electrons. The number of benzene rings is 1. The summed E-state index contributed by atoms with van der Waals surface area (Å²) in [5.74, 6) is -1.36. The van der Waals surface area contributed by atoms with E-state index in [1.165, 1.54) is 6.07 Å². The number of hydrogen-bond donors (Lipinski definition) is 1. The van der Waals surface area contributed by atoms with Crippen molar-refractivity contribution in [3.05, 3.63) is 35.6 Å². The van der Waals surface area contributed by atoms with Crippen molar-refractivity contribution in [3.63, 3.8) is 0 Å². The standard InChI is InChI=1S/C11H13ClFNO2/c1-14(7-9(12)11(15)16)6-8-4-2-3-5-10(8)13/h2-5,9H,6-7H2,1H3,(H,15,16). The maximum Gasteiger partial charge on any atom is 0.322 e. The van der Waals surface area contributed by atoms with Crippen molar-refractivity contribution in [2.24, 2.45) is 0 Å². The molecule has 0 heterocycles. The predicted octanol–water partition coefficient (Wildman–Crippen LogP) is 1.95. The number of carboxylic acid groups (broad SMARTS) is 1. The fourth-order valence-corrected chi connectivity index (χ4v) is 1.57. The van der Waals surface area contributed by atoms with Crippen LogP contribution in [0.1, 0.15) is 5.56 Å². The van der Waals surface area contributed by atoms with Gasteiger partial charge in [-0.15, -0.1) is 11.6 Å². The molecule has 0 spiro atoms. The number of carboxylic acids is 1. The van der Waals surface area contributed by atoms with Gasteiger partial charge in [-0.05, 0) is 13.1 Å². The van der Waals surface area contributed by atoms with Crippen LogP contribution in [0, 0.1) is 5.82 Å². The molecule has 0 saturated carbocycles. The van der Waals surface area contributed by atoms with Crippen LogP contribution in [0.2, 0.25) is 0 Å². The van der Waals surface area contributed by atoms with Crippen LogP contribution in [-0.2, 0) is 11.3 Å². The molecule has 1 unspecified atom stereocenters. The SMILES string of the molecule is CN(Cc1ccccc1F)CC(Cl)C(=O)O. The Morgan fingerprint density at radius 3 is 2.75 bits per heavy atom. The summed E-state index contributed by atoms with van der Waals surface area (Å²) in [6.07, 6.45) is 0. The highest BCUT2D eigenvalue weighted by atomic mass is 35.5. The largest absolute Gasteiger partial charge is 0.480 e. The van der Waals surface area contributed by atoms with Gasteiger partial charge in [-0.2, -0.15) is 0 Å². The molecule has 0 amide bonds. The molecule has 0 fully saturated rings. The van der Waals surface area contributed by atoms with Crippen LogP contribution in [0.3, 0.4) is 0 Å². The second-order valence-corrected chi connectivity index (χ2v) is 4.12. The Hall–Kier alpha value is -1.13. The van der Waals surface area contributed by atoms with Gasteiger partial charge in [-0.3, -0.25) is 9.69 Å². The maximum absolute atomic E-state index is 13.3. The highest BCUT2D eigenvalue weighted by Gasteiger charge is 2.16. The fourth-order valence-electron chi connectivity index (χ4n) is 1.33. The molecule has 16 heavy (non-hydrogen) atoms. The van der Waals surface area contributed by atoms with Gasteiger partial charge in [0.15, 0.2) is 0 Å². The molecular formula is C11H13ClFNO2. The third-order valence-corrected chi connectivity index (χ3v) is 2.46. The lowest BCUT2D eigenvalue weighted by Crippen LogP contribution is -2.30. The van der Waals surface area contributed by atoms with Gasteiger partial charge >= 0.3 is 5.97 Å². The van der Waals surface area contributed by atoms with Gasteiger partial charge in [-0.1, -0.05) is 18.2 Å². The number of carbonyl (C=O) groups is 1. The Labute approximate surface area is 98.4 Å². The lowest BCUT2D eigenvalue weighted by molar-refractivity contribution is -0.136. The number of aliphatic carboxylic acids is 1. The van der Waals surface area contributed by atoms with Gasteiger partial charge in [0.1, 0.15) is 11.2 Å². The Morgan fingerprint density at radius 1 is 1.56 bits per heavy atom. The lowest BCUT2D eigenvalue weighted by Gasteiger charge is -2.18. The molecule has 0 aliphatic carbocycles. The van der Waals surface area contributed by atoms with Gasteiger partial charge < -0.3 is 5.11 Å². The molecular weight excluding hydrogens is 233 g/mol. The van der Waals surface area contributed by atoms with Gasteiger partial charge in [0, 0.05) is 18.7 Å². The first-order valence-electron chi connectivity index (χ1n) is 4.79. The average Bonchev–Trinajstić information content (AvgIpc) is 2.21. The zero-order valence-electron chi connectivity index (χ0n) is 8.86. The molecule has 0 aliphatic rings. The summed E-state index contributed by atoms with van der Waals surface area (Å²) in [7, 11) is 1.70. The van der Waals surface area contributed by atoms with E-state index in [9.17, 15) is 9.18 Å². The molecule has 0 aromatic heterocycles. The minimum absolute atomic E-state index is 0.172. The second kappa shape index (κ2) is 5.82. The van der Waals surface area contributed by atoms with Crippen LogP contribution < -0.4 is 0 Å². The molecule has 88 valence electrons. The second-order valence-electron chi connectivity index (χ2n) is 3.59. The van der Waals surface area contributed by atoms with Crippen molar-refractivity contribution in [2.75, 3.05) is 13.6 Å². The van der Waals surface area contributed by atoms with Crippen LogP contribution in [-0.4, -0.2) is 34.9 Å². The van der Waals surface area contributed by atoms with Crippen molar-refractivity contribution in [1.82, 2.24) is 4.90 Å². The monoisotopic (exact) mass is 245 g/mol. The van der Waals surface area contributed by atoms with Crippen molar-refractivity contribution in [1.29, 1.82) is 0 Å². The molecule has 1 aromatic rings. The van der Waals surface area contributed by atoms with Crippen molar-refractivity contribution < 1.29 is 14.3 Å². The van der Waals surface area contributed by atoms with Crippen LogP contribution in [0.4, 0.5) is 4.39 Å². The van der Waals surface area contributed by atoms with E-state index in [-0.39, 0.29) is 12.4 Å². The zero-order chi connectivity index (χ0) is 12.1. The van der Waals surface area contributed by atoms with Crippen molar-refractivity contribution in [3.8, 4) is 0 Å². The maximum atomic E-state index is 13.3. The summed E-state index contributed by atoms with van der Waals surface area (Å²) in [5.41, 5.74) is 0.527. The quantitative estimate of drug-likeness (QED) is 0.806. The molecule has 1 atom stereocenters. The van der Waals surface area contributed by atoms with Crippen molar-refractivity contribution >= 4 is 17.6 Å². The highest BCUT2D eigenvalue weighted by molar-refractivity contribution is 6.29. The fraction of sp³-hybridized carbons (Fsp3) is 0.364. The van der Waals surface area contributed by atoms with E-state index in [0.717, 1.165) is 0 Å². The Kier molecular flexibility index (Phi) is 4.71. The molecule has 1 rings (SSSR count). The molecule has 0 saturated heterocycles. The first-order valence-corrected chi connectivity index (χ1v) is 5.23. The van der Waals surface area contributed by atoms with E-state index >= 15 is 0 Å². The normalized spacial score (nSPS) is 12.8. The number of hydrogen-bond acceptors (Lipinski definition) is 2. The molecule has 1 N–H and O–H groups in total. The van der Waals surface area contributed by atoms with E-state index in [1.807, 2.05) is 0 Å². The number of alkyl halides is 1. The minimum atomic E-state index is -1.07. The topological polar surface area (TPSA) is 40.5 Å².